The van der Waals surface area contributed by atoms with Crippen LogP contribution in [-0.2, 0) is 4.84 Å². The number of hydrogen-bond donors (Lipinski definition) is 1. The molecule has 2 N–H and O–H groups in total. The minimum atomic E-state index is -0.130. The molecule has 0 spiro atoms. The Hall–Kier alpha value is -0.520. The zero-order chi connectivity index (χ0) is 5.98. The monoisotopic (exact) mass is 111 g/mol. The van der Waals surface area contributed by atoms with Gasteiger partial charge < -0.3 is 0 Å². The van der Waals surface area contributed by atoms with Crippen molar-refractivity contribution in [3.8, 4) is 12.3 Å². The topological polar surface area (TPSA) is 35.2 Å². The summed E-state index contributed by atoms with van der Waals surface area (Å²) in [4.78, 5) is 4.49. The number of rotatable bonds is 2. The van der Waals surface area contributed by atoms with Crippen molar-refractivity contribution in [3.05, 3.63) is 0 Å². The van der Waals surface area contributed by atoms with E-state index >= 15 is 0 Å². The first-order valence-electron chi connectivity index (χ1n) is 2.70. The summed E-state index contributed by atoms with van der Waals surface area (Å²) in [6.07, 6.45) is 7.28. The van der Waals surface area contributed by atoms with Gasteiger partial charge in [0.2, 0.25) is 0 Å². The zero-order valence-electron chi connectivity index (χ0n) is 4.63. The van der Waals surface area contributed by atoms with Crippen LogP contribution in [0.25, 0.3) is 0 Å². The van der Waals surface area contributed by atoms with Crippen LogP contribution in [0.3, 0.4) is 0 Å². The molecule has 1 rings (SSSR count). The highest BCUT2D eigenvalue weighted by atomic mass is 16.6. The van der Waals surface area contributed by atoms with Gasteiger partial charge in [0, 0.05) is 0 Å². The van der Waals surface area contributed by atoms with Gasteiger partial charge in [-0.05, 0) is 18.8 Å². The van der Waals surface area contributed by atoms with Gasteiger partial charge in [0.05, 0.1) is 0 Å². The van der Waals surface area contributed by atoms with Crippen LogP contribution in [0.1, 0.15) is 12.8 Å². The summed E-state index contributed by atoms with van der Waals surface area (Å²) in [7, 11) is 0. The Kier molecular flexibility index (Phi) is 1.52. The van der Waals surface area contributed by atoms with Gasteiger partial charge in [-0.25, -0.2) is 5.90 Å². The van der Waals surface area contributed by atoms with Crippen LogP contribution in [0.4, 0.5) is 0 Å². The summed E-state index contributed by atoms with van der Waals surface area (Å²) in [5, 5.41) is 0. The molecule has 8 heavy (non-hydrogen) atoms. The van der Waals surface area contributed by atoms with E-state index in [1.807, 2.05) is 0 Å². The molecule has 44 valence electrons. The molecule has 0 aromatic carbocycles. The van der Waals surface area contributed by atoms with E-state index in [9.17, 15) is 0 Å². The summed E-state index contributed by atoms with van der Waals surface area (Å²) in [5.41, 5.74) is 0. The van der Waals surface area contributed by atoms with Gasteiger partial charge in [-0.1, -0.05) is 5.92 Å². The molecule has 0 heterocycles. The molecule has 1 fully saturated rings. The third-order valence-corrected chi connectivity index (χ3v) is 1.36. The Morgan fingerprint density at radius 2 is 2.38 bits per heavy atom. The Labute approximate surface area is 49.0 Å². The highest BCUT2D eigenvalue weighted by Gasteiger charge is 2.30. The van der Waals surface area contributed by atoms with Gasteiger partial charge in [0.1, 0.15) is 6.10 Å². The minimum Gasteiger partial charge on any atom is -0.288 e. The summed E-state index contributed by atoms with van der Waals surface area (Å²) < 4.78 is 0. The van der Waals surface area contributed by atoms with Crippen molar-refractivity contribution in [2.45, 2.75) is 18.9 Å². The molecule has 1 saturated carbocycles. The van der Waals surface area contributed by atoms with E-state index in [0.29, 0.717) is 5.92 Å². The molecule has 1 unspecified atom stereocenters. The Morgan fingerprint density at radius 3 is 2.50 bits per heavy atom. The van der Waals surface area contributed by atoms with Crippen molar-refractivity contribution in [2.24, 2.45) is 11.8 Å². The van der Waals surface area contributed by atoms with Crippen molar-refractivity contribution in [1.29, 1.82) is 0 Å². The number of terminal acetylenes is 1. The lowest BCUT2D eigenvalue weighted by Gasteiger charge is -2.02. The van der Waals surface area contributed by atoms with Crippen molar-refractivity contribution in [3.63, 3.8) is 0 Å². The third kappa shape index (κ3) is 1.00. The van der Waals surface area contributed by atoms with Crippen LogP contribution >= 0.6 is 0 Å². The molecule has 0 aromatic rings. The molecule has 1 aliphatic rings. The average Bonchev–Trinajstić information content (AvgIpc) is 2.53. The highest BCUT2D eigenvalue weighted by Crippen LogP contribution is 2.33. The van der Waals surface area contributed by atoms with Crippen LogP contribution < -0.4 is 5.90 Å². The maximum atomic E-state index is 5.07. The standard InChI is InChI=1S/C6H9NO/c1-2-6(8-7)5-3-4-5/h1,5-6H,3-4,7H2. The first-order valence-corrected chi connectivity index (χ1v) is 2.70. The SMILES string of the molecule is C#CC(ON)C1CC1. The van der Waals surface area contributed by atoms with Crippen molar-refractivity contribution >= 4 is 0 Å². The predicted molar refractivity (Wildman–Crippen MR) is 30.6 cm³/mol. The second kappa shape index (κ2) is 2.17. The van der Waals surface area contributed by atoms with E-state index in [4.69, 9.17) is 12.3 Å². The lowest BCUT2D eigenvalue weighted by atomic mass is 10.2. The molecule has 0 radical (unpaired) electrons. The minimum absolute atomic E-state index is 0.130. The first kappa shape index (κ1) is 5.61. The van der Waals surface area contributed by atoms with Crippen molar-refractivity contribution < 1.29 is 4.84 Å². The first-order chi connectivity index (χ1) is 3.88. The maximum absolute atomic E-state index is 5.07. The van der Waals surface area contributed by atoms with Gasteiger partial charge >= 0.3 is 0 Å². The third-order valence-electron chi connectivity index (χ3n) is 1.36. The lowest BCUT2D eigenvalue weighted by Crippen LogP contribution is -2.16. The number of hydrogen-bond acceptors (Lipinski definition) is 2. The van der Waals surface area contributed by atoms with E-state index in [1.54, 1.807) is 0 Å². The second-order valence-electron chi connectivity index (χ2n) is 2.06. The van der Waals surface area contributed by atoms with Gasteiger partial charge in [-0.3, -0.25) is 4.84 Å². The maximum Gasteiger partial charge on any atom is 0.141 e. The van der Waals surface area contributed by atoms with Crippen LogP contribution in [0.15, 0.2) is 0 Å². The second-order valence-corrected chi connectivity index (χ2v) is 2.06. The zero-order valence-corrected chi connectivity index (χ0v) is 4.63. The van der Waals surface area contributed by atoms with Crippen LogP contribution in [0, 0.1) is 18.3 Å². The molecule has 0 amide bonds. The normalized spacial score (nSPS) is 22.0. The molecular weight excluding hydrogens is 102 g/mol. The van der Waals surface area contributed by atoms with E-state index in [-0.39, 0.29) is 6.10 Å². The van der Waals surface area contributed by atoms with Crippen LogP contribution in [0.2, 0.25) is 0 Å². The fourth-order valence-corrected chi connectivity index (χ4v) is 0.685. The quantitative estimate of drug-likeness (QED) is 0.410. The van der Waals surface area contributed by atoms with Gasteiger partial charge in [0.15, 0.2) is 0 Å². The molecule has 0 aromatic heterocycles. The molecule has 0 saturated heterocycles. The summed E-state index contributed by atoms with van der Waals surface area (Å²) in [6.45, 7) is 0. The lowest BCUT2D eigenvalue weighted by molar-refractivity contribution is 0.0784. The van der Waals surface area contributed by atoms with Crippen LogP contribution in [-0.4, -0.2) is 6.10 Å². The van der Waals surface area contributed by atoms with Gasteiger partial charge in [-0.2, -0.15) is 0 Å². The molecule has 0 aliphatic heterocycles. The Bertz CT molecular complexity index is 112. The largest absolute Gasteiger partial charge is 0.288 e. The fraction of sp³-hybridized carbons (Fsp3) is 0.667. The fourth-order valence-electron chi connectivity index (χ4n) is 0.685. The summed E-state index contributed by atoms with van der Waals surface area (Å²) in [6, 6.07) is 0. The van der Waals surface area contributed by atoms with E-state index in [1.165, 1.54) is 12.8 Å². The molecule has 2 heteroatoms. The summed E-state index contributed by atoms with van der Waals surface area (Å²) in [5.74, 6) is 7.89. The van der Waals surface area contributed by atoms with E-state index < -0.39 is 0 Å². The molecule has 1 atom stereocenters. The smallest absolute Gasteiger partial charge is 0.141 e. The highest BCUT2D eigenvalue weighted by molar-refractivity contribution is 5.02. The summed E-state index contributed by atoms with van der Waals surface area (Å²) >= 11 is 0. The Morgan fingerprint density at radius 1 is 1.75 bits per heavy atom. The molecule has 2 nitrogen and oxygen atoms in total. The van der Waals surface area contributed by atoms with Crippen LogP contribution in [0.5, 0.6) is 0 Å². The van der Waals surface area contributed by atoms with Gasteiger partial charge in [-0.15, -0.1) is 6.42 Å². The van der Waals surface area contributed by atoms with E-state index in [2.05, 4.69) is 10.8 Å². The average molecular weight is 111 g/mol. The van der Waals surface area contributed by atoms with Crippen molar-refractivity contribution in [2.75, 3.05) is 0 Å². The van der Waals surface area contributed by atoms with Gasteiger partial charge in [0.25, 0.3) is 0 Å². The molecular formula is C6H9NO. The molecule has 0 bridgehead atoms. The van der Waals surface area contributed by atoms with Crippen molar-refractivity contribution in [1.82, 2.24) is 0 Å². The number of nitrogens with two attached hydrogens (primary N) is 1. The Balaban J connectivity index is 2.29. The predicted octanol–water partition coefficient (Wildman–Crippen LogP) is 0.288. The van der Waals surface area contributed by atoms with E-state index in [0.717, 1.165) is 0 Å². The molecule has 1 aliphatic carbocycles.